The molecule has 0 saturated carbocycles. The molecule has 0 radical (unpaired) electrons. The molecule has 186 valence electrons. The number of rotatable bonds is 16. The monoisotopic (exact) mass is 470 g/mol. The van der Waals surface area contributed by atoms with Crippen molar-refractivity contribution in [3.63, 3.8) is 0 Å². The lowest BCUT2D eigenvalue weighted by Gasteiger charge is -2.13. The summed E-state index contributed by atoms with van der Waals surface area (Å²) in [7, 11) is 0. The lowest BCUT2D eigenvalue weighted by molar-refractivity contribution is -0.132. The van der Waals surface area contributed by atoms with Crippen LogP contribution in [0.4, 0.5) is 13.2 Å². The van der Waals surface area contributed by atoms with E-state index in [0.29, 0.717) is 6.42 Å². The van der Waals surface area contributed by atoms with E-state index in [2.05, 4.69) is 11.7 Å². The number of para-hydroxylation sites is 1. The zero-order chi connectivity index (χ0) is 24.5. The summed E-state index contributed by atoms with van der Waals surface area (Å²) in [5.74, 6) is -3.38. The van der Waals surface area contributed by atoms with Gasteiger partial charge in [0, 0.05) is 6.92 Å². The minimum Gasteiger partial charge on any atom is -0.426 e. The second kappa shape index (κ2) is 16.3. The number of esters is 2. The van der Waals surface area contributed by atoms with Gasteiger partial charge in [-0.1, -0.05) is 89.7 Å². The number of carbonyl (C=O) groups excluding carboxylic acids is 2. The largest absolute Gasteiger partial charge is 0.449 e. The summed E-state index contributed by atoms with van der Waals surface area (Å²) in [4.78, 5) is 23.4. The summed E-state index contributed by atoms with van der Waals surface area (Å²) in [6, 6.07) is 5.53. The Bertz CT molecular complexity index is 741. The van der Waals surface area contributed by atoms with Crippen molar-refractivity contribution in [2.75, 3.05) is 0 Å². The first-order valence-electron chi connectivity index (χ1n) is 12.0. The van der Waals surface area contributed by atoms with E-state index in [9.17, 15) is 22.8 Å². The maximum Gasteiger partial charge on any atom is 0.449 e. The van der Waals surface area contributed by atoms with Gasteiger partial charge in [0.25, 0.3) is 0 Å². The maximum atomic E-state index is 13.3. The van der Waals surface area contributed by atoms with E-state index in [1.807, 2.05) is 0 Å². The lowest BCUT2D eigenvalue weighted by Crippen LogP contribution is -2.19. The van der Waals surface area contributed by atoms with Gasteiger partial charge in [0.2, 0.25) is 5.76 Å². The van der Waals surface area contributed by atoms with Crippen LogP contribution in [-0.4, -0.2) is 18.1 Å². The van der Waals surface area contributed by atoms with E-state index in [0.717, 1.165) is 38.7 Å². The van der Waals surface area contributed by atoms with Crippen molar-refractivity contribution in [1.29, 1.82) is 0 Å². The van der Waals surface area contributed by atoms with E-state index >= 15 is 0 Å². The number of unbranched alkanes of at least 4 members (excludes halogenated alkanes) is 12. The fraction of sp³-hybridized carbons (Fsp3) is 0.615. The standard InChI is InChI=1S/C26H37F3O4/c1-3-4-5-6-7-8-9-10-11-12-13-14-15-20-24(26(27,28)29)33-25(31)22-18-16-17-19-23(22)32-21(2)30/h16-20H,3-15H2,1-2H3/b24-20+. The molecule has 0 unspecified atom stereocenters. The third kappa shape index (κ3) is 13.1. The van der Waals surface area contributed by atoms with Crippen LogP contribution < -0.4 is 4.74 Å². The molecule has 0 aliphatic carbocycles. The molecular formula is C26H37F3O4. The van der Waals surface area contributed by atoms with Gasteiger partial charge in [-0.2, -0.15) is 13.2 Å². The first kappa shape index (κ1) is 28.7. The third-order valence-corrected chi connectivity index (χ3v) is 5.23. The van der Waals surface area contributed by atoms with Crippen molar-refractivity contribution >= 4 is 11.9 Å². The summed E-state index contributed by atoms with van der Waals surface area (Å²) in [6.07, 6.45) is 9.93. The summed E-state index contributed by atoms with van der Waals surface area (Å²) in [5, 5.41) is 0. The molecule has 33 heavy (non-hydrogen) atoms. The van der Waals surface area contributed by atoms with E-state index in [-0.39, 0.29) is 17.7 Å². The highest BCUT2D eigenvalue weighted by Crippen LogP contribution is 2.30. The number of alkyl halides is 3. The van der Waals surface area contributed by atoms with Gasteiger partial charge < -0.3 is 9.47 Å². The number of hydrogen-bond acceptors (Lipinski definition) is 4. The highest BCUT2D eigenvalue weighted by Gasteiger charge is 2.37. The zero-order valence-electron chi connectivity index (χ0n) is 19.8. The second-order valence-electron chi connectivity index (χ2n) is 8.22. The molecule has 0 fully saturated rings. The van der Waals surface area contributed by atoms with Crippen molar-refractivity contribution in [2.45, 2.75) is 103 Å². The predicted molar refractivity (Wildman–Crippen MR) is 123 cm³/mol. The second-order valence-corrected chi connectivity index (χ2v) is 8.22. The Labute approximate surface area is 195 Å². The molecule has 0 bridgehead atoms. The van der Waals surface area contributed by atoms with E-state index in [1.165, 1.54) is 69.2 Å². The molecule has 0 N–H and O–H groups in total. The molecule has 7 heteroatoms. The van der Waals surface area contributed by atoms with Gasteiger partial charge in [-0.15, -0.1) is 0 Å². The normalized spacial score (nSPS) is 12.0. The Kier molecular flexibility index (Phi) is 14.2. The van der Waals surface area contributed by atoms with Crippen molar-refractivity contribution < 1.29 is 32.2 Å². The van der Waals surface area contributed by atoms with E-state index < -0.39 is 23.9 Å². The van der Waals surface area contributed by atoms with E-state index in [4.69, 9.17) is 4.74 Å². The summed E-state index contributed by atoms with van der Waals surface area (Å²) >= 11 is 0. The number of ether oxygens (including phenoxy) is 2. The Morgan fingerprint density at radius 2 is 1.36 bits per heavy atom. The summed E-state index contributed by atoms with van der Waals surface area (Å²) in [6.45, 7) is 3.34. The number of carbonyl (C=O) groups is 2. The highest BCUT2D eigenvalue weighted by atomic mass is 19.4. The first-order chi connectivity index (χ1) is 15.8. The summed E-state index contributed by atoms with van der Waals surface area (Å²) < 4.78 is 49.5. The van der Waals surface area contributed by atoms with Crippen LogP contribution in [0.15, 0.2) is 36.1 Å². The van der Waals surface area contributed by atoms with Crippen molar-refractivity contribution in [2.24, 2.45) is 0 Å². The molecule has 0 aromatic heterocycles. The quantitative estimate of drug-likeness (QED) is 0.105. The zero-order valence-corrected chi connectivity index (χ0v) is 19.8. The molecule has 1 rings (SSSR count). The molecule has 0 saturated heterocycles. The lowest BCUT2D eigenvalue weighted by atomic mass is 10.0. The Morgan fingerprint density at radius 1 is 0.848 bits per heavy atom. The van der Waals surface area contributed by atoms with Crippen LogP contribution in [-0.2, 0) is 9.53 Å². The van der Waals surface area contributed by atoms with Crippen LogP contribution in [0.3, 0.4) is 0 Å². The number of hydrogen-bond donors (Lipinski definition) is 0. The Hall–Kier alpha value is -2.31. The molecule has 1 aromatic rings. The van der Waals surface area contributed by atoms with Gasteiger partial charge >= 0.3 is 18.1 Å². The van der Waals surface area contributed by atoms with Crippen molar-refractivity contribution in [3.05, 3.63) is 41.7 Å². The highest BCUT2D eigenvalue weighted by molar-refractivity contribution is 5.94. The minimum absolute atomic E-state index is 0.141. The van der Waals surface area contributed by atoms with E-state index in [1.54, 1.807) is 0 Å². The molecule has 0 spiro atoms. The van der Waals surface area contributed by atoms with Crippen LogP contribution in [0.2, 0.25) is 0 Å². The van der Waals surface area contributed by atoms with Gasteiger partial charge in [-0.05, 0) is 31.1 Å². The molecule has 4 nitrogen and oxygen atoms in total. The van der Waals surface area contributed by atoms with Gasteiger partial charge in [0.1, 0.15) is 11.3 Å². The fourth-order valence-electron chi connectivity index (χ4n) is 3.47. The maximum absolute atomic E-state index is 13.3. The number of halogens is 3. The van der Waals surface area contributed by atoms with Crippen molar-refractivity contribution in [3.8, 4) is 5.75 Å². The smallest absolute Gasteiger partial charge is 0.426 e. The van der Waals surface area contributed by atoms with Crippen LogP contribution >= 0.6 is 0 Å². The SMILES string of the molecule is CCCCCCCCCCCCCC/C=C(/OC(=O)c1ccccc1OC(C)=O)C(F)(F)F. The molecule has 0 amide bonds. The first-order valence-corrected chi connectivity index (χ1v) is 12.0. The molecular weight excluding hydrogens is 433 g/mol. The molecule has 0 heterocycles. The topological polar surface area (TPSA) is 52.6 Å². The van der Waals surface area contributed by atoms with Crippen LogP contribution in [0.1, 0.15) is 108 Å². The molecule has 0 atom stereocenters. The fourth-order valence-corrected chi connectivity index (χ4v) is 3.47. The third-order valence-electron chi connectivity index (χ3n) is 5.23. The molecule has 0 aliphatic heterocycles. The molecule has 1 aromatic carbocycles. The molecule has 0 aliphatic rings. The minimum atomic E-state index is -4.79. The predicted octanol–water partition coefficient (Wildman–Crippen LogP) is 8.31. The van der Waals surface area contributed by atoms with Gasteiger partial charge in [0.15, 0.2) is 0 Å². The number of benzene rings is 1. The van der Waals surface area contributed by atoms with Crippen molar-refractivity contribution in [1.82, 2.24) is 0 Å². The van der Waals surface area contributed by atoms with Crippen LogP contribution in [0.25, 0.3) is 0 Å². The Morgan fingerprint density at radius 3 is 1.88 bits per heavy atom. The Balaban J connectivity index is 2.40. The van der Waals surface area contributed by atoms with Crippen LogP contribution in [0, 0.1) is 0 Å². The summed E-state index contributed by atoms with van der Waals surface area (Å²) in [5.41, 5.74) is -0.242. The van der Waals surface area contributed by atoms with Gasteiger partial charge in [0.05, 0.1) is 0 Å². The van der Waals surface area contributed by atoms with Crippen LogP contribution in [0.5, 0.6) is 5.75 Å². The number of allylic oxidation sites excluding steroid dienone is 2. The van der Waals surface area contributed by atoms with Gasteiger partial charge in [-0.3, -0.25) is 4.79 Å². The average molecular weight is 471 g/mol. The average Bonchev–Trinajstić information content (AvgIpc) is 2.75. The van der Waals surface area contributed by atoms with Gasteiger partial charge in [-0.25, -0.2) is 4.79 Å².